The third-order valence-corrected chi connectivity index (χ3v) is 10.7. The van der Waals surface area contributed by atoms with E-state index in [0.29, 0.717) is 36.7 Å². The van der Waals surface area contributed by atoms with E-state index in [9.17, 15) is 4.79 Å². The van der Waals surface area contributed by atoms with E-state index < -0.39 is 5.60 Å². The monoisotopic (exact) mass is 684 g/mol. The topological polar surface area (TPSA) is 142 Å². The van der Waals surface area contributed by atoms with Gasteiger partial charge in [-0.05, 0) is 77.5 Å². The highest BCUT2D eigenvalue weighted by Gasteiger charge is 2.47. The number of aryl methyl sites for hydroxylation is 1. The molecule has 3 saturated heterocycles. The summed E-state index contributed by atoms with van der Waals surface area (Å²) in [5, 5.41) is 9.57. The minimum atomic E-state index is -0.637. The predicted molar refractivity (Wildman–Crippen MR) is 191 cm³/mol. The first-order valence-electron chi connectivity index (χ1n) is 17.9. The summed E-state index contributed by atoms with van der Waals surface area (Å²) < 4.78 is 21.8. The summed E-state index contributed by atoms with van der Waals surface area (Å²) in [6, 6.07) is 6.17. The van der Waals surface area contributed by atoms with E-state index in [0.717, 1.165) is 80.1 Å². The molecule has 1 amide bonds. The maximum absolute atomic E-state index is 13.6. The summed E-state index contributed by atoms with van der Waals surface area (Å²) in [6.45, 7) is 11.7. The smallest absolute Gasteiger partial charge is 0.414 e. The Balaban J connectivity index is 1.18. The number of amides is 1. The Morgan fingerprint density at radius 1 is 1.04 bits per heavy atom. The number of nitrogens with two attached hydrogens (primary N) is 1. The number of carbonyl (C=O) groups excluding carboxylic acids is 1. The largest absolute Gasteiger partial charge is 0.443 e. The van der Waals surface area contributed by atoms with Gasteiger partial charge in [0.25, 0.3) is 0 Å². The summed E-state index contributed by atoms with van der Waals surface area (Å²) in [5.74, 6) is 1.51. The molecule has 14 heteroatoms. The van der Waals surface area contributed by atoms with Crippen LogP contribution in [-0.2, 0) is 21.3 Å². The summed E-state index contributed by atoms with van der Waals surface area (Å²) in [5.41, 5.74) is 10.9. The van der Waals surface area contributed by atoms with E-state index in [2.05, 4.69) is 27.9 Å². The number of piperidine rings is 1. The van der Waals surface area contributed by atoms with Crippen LogP contribution >= 0.6 is 0 Å². The molecule has 266 valence electrons. The molecule has 3 fully saturated rings. The Bertz CT molecular complexity index is 1880. The van der Waals surface area contributed by atoms with E-state index in [1.54, 1.807) is 9.58 Å². The molecule has 7 heterocycles. The zero-order chi connectivity index (χ0) is 34.8. The van der Waals surface area contributed by atoms with Crippen molar-refractivity contribution in [2.24, 2.45) is 18.2 Å². The Kier molecular flexibility index (Phi) is 8.23. The van der Waals surface area contributed by atoms with E-state index in [1.165, 1.54) is 0 Å². The number of carbonyl (C=O) groups is 1. The summed E-state index contributed by atoms with van der Waals surface area (Å²) >= 11 is 0. The highest BCUT2D eigenvalue weighted by molar-refractivity contribution is 5.99. The summed E-state index contributed by atoms with van der Waals surface area (Å²) in [4.78, 5) is 30.1. The Hall–Kier alpha value is -4.27. The van der Waals surface area contributed by atoms with Gasteiger partial charge in [0.1, 0.15) is 11.4 Å². The minimum absolute atomic E-state index is 0.0179. The molecule has 8 rings (SSSR count). The van der Waals surface area contributed by atoms with Gasteiger partial charge >= 0.3 is 6.09 Å². The van der Waals surface area contributed by atoms with Gasteiger partial charge in [0, 0.05) is 63.1 Å². The van der Waals surface area contributed by atoms with Crippen molar-refractivity contribution in [1.29, 1.82) is 0 Å². The van der Waals surface area contributed by atoms with Gasteiger partial charge in [0.2, 0.25) is 0 Å². The van der Waals surface area contributed by atoms with Crippen LogP contribution in [0.5, 0.6) is 0 Å². The Morgan fingerprint density at radius 2 is 1.86 bits per heavy atom. The van der Waals surface area contributed by atoms with Gasteiger partial charge in [-0.3, -0.25) is 9.58 Å². The number of nitrogens with zero attached hydrogens (tertiary/aromatic N) is 9. The number of fused-ring (bicyclic) bond motifs is 2. The lowest BCUT2D eigenvalue weighted by atomic mass is 9.73. The number of rotatable bonds is 4. The van der Waals surface area contributed by atoms with Gasteiger partial charge in [0.15, 0.2) is 23.2 Å². The lowest BCUT2D eigenvalue weighted by Gasteiger charge is -2.41. The molecule has 1 spiro atoms. The van der Waals surface area contributed by atoms with Crippen molar-refractivity contribution in [3.63, 3.8) is 0 Å². The molecule has 3 atom stereocenters. The van der Waals surface area contributed by atoms with Crippen molar-refractivity contribution in [3.05, 3.63) is 36.8 Å². The molecule has 0 bridgehead atoms. The number of ether oxygens (including phenoxy) is 3. The lowest BCUT2D eigenvalue weighted by Crippen LogP contribution is -2.50. The molecule has 3 aromatic heterocycles. The number of hydrogen-bond donors (Lipinski definition) is 1. The molecular formula is C36H48N10O4. The van der Waals surface area contributed by atoms with Crippen LogP contribution in [0.4, 0.5) is 27.8 Å². The van der Waals surface area contributed by atoms with Crippen molar-refractivity contribution >= 4 is 40.3 Å². The van der Waals surface area contributed by atoms with Crippen LogP contribution in [0.15, 0.2) is 36.8 Å². The molecule has 4 aliphatic heterocycles. The number of hydrogen-bond acceptors (Lipinski definition) is 11. The van der Waals surface area contributed by atoms with Crippen LogP contribution < -0.4 is 20.4 Å². The SMILES string of the molecule is C[C@@H]1OCC2(CCN(c3cnc4c(N5CCN(C(=O)OC(C)(C)C)c6cc(-c7cnn(C)c7)ccc65)nn(C5CCCCO5)c4n3)CC2)[C@@H]1N. The van der Waals surface area contributed by atoms with Crippen LogP contribution in [0.1, 0.15) is 66.0 Å². The zero-order valence-corrected chi connectivity index (χ0v) is 29.7. The van der Waals surface area contributed by atoms with E-state index in [4.69, 9.17) is 35.0 Å². The molecule has 14 nitrogen and oxygen atoms in total. The molecule has 0 saturated carbocycles. The highest BCUT2D eigenvalue weighted by atomic mass is 16.6. The van der Waals surface area contributed by atoms with Crippen molar-refractivity contribution < 1.29 is 19.0 Å². The van der Waals surface area contributed by atoms with Crippen molar-refractivity contribution in [3.8, 4) is 11.1 Å². The first-order chi connectivity index (χ1) is 24.0. The molecular weight excluding hydrogens is 636 g/mol. The second kappa shape index (κ2) is 12.5. The van der Waals surface area contributed by atoms with Gasteiger partial charge < -0.3 is 29.7 Å². The van der Waals surface area contributed by atoms with Gasteiger partial charge in [-0.2, -0.15) is 5.10 Å². The molecule has 1 unspecified atom stereocenters. The standard InChI is InChI=1S/C36H48N10O4/c1-23-31(37)36(22-49-23)11-13-43(14-12-36)28-20-38-30-32(40-28)46(29-8-6-7-17-48-29)41-33(30)44-15-16-45(34(47)50-35(2,3)4)27-18-24(9-10-26(27)44)25-19-39-42(5)21-25/h9-10,18-21,23,29,31H,6-8,11-17,22,37H2,1-5H3/t23-,29?,31+/m0/s1. The van der Waals surface area contributed by atoms with Crippen LogP contribution in [-0.4, -0.2) is 92.8 Å². The normalized spacial score (nSPS) is 23.9. The molecule has 50 heavy (non-hydrogen) atoms. The third-order valence-electron chi connectivity index (χ3n) is 10.7. The lowest BCUT2D eigenvalue weighted by molar-refractivity contribution is -0.0368. The van der Waals surface area contributed by atoms with Crippen molar-refractivity contribution in [1.82, 2.24) is 29.5 Å². The minimum Gasteiger partial charge on any atom is -0.443 e. The van der Waals surface area contributed by atoms with Crippen LogP contribution in [0.3, 0.4) is 0 Å². The van der Waals surface area contributed by atoms with Gasteiger partial charge in [-0.15, -0.1) is 5.10 Å². The van der Waals surface area contributed by atoms with Gasteiger partial charge in [0.05, 0.1) is 36.5 Å². The average Bonchev–Trinajstić information content (AvgIpc) is 3.79. The first-order valence-corrected chi connectivity index (χ1v) is 17.9. The number of benzene rings is 1. The van der Waals surface area contributed by atoms with Crippen LogP contribution in [0, 0.1) is 5.41 Å². The fourth-order valence-electron chi connectivity index (χ4n) is 7.88. The maximum atomic E-state index is 13.6. The summed E-state index contributed by atoms with van der Waals surface area (Å²) in [6.07, 6.45) is 9.95. The third kappa shape index (κ3) is 5.86. The molecule has 0 aliphatic carbocycles. The quantitative estimate of drug-likeness (QED) is 0.305. The molecule has 0 radical (unpaired) electrons. The molecule has 4 aliphatic rings. The number of anilines is 4. The van der Waals surface area contributed by atoms with Gasteiger partial charge in [-0.1, -0.05) is 6.07 Å². The fraction of sp³-hybridized carbons (Fsp3) is 0.583. The van der Waals surface area contributed by atoms with Gasteiger partial charge in [-0.25, -0.2) is 19.4 Å². The second-order valence-electron chi connectivity index (χ2n) is 15.3. The average molecular weight is 685 g/mol. The van der Waals surface area contributed by atoms with Crippen LogP contribution in [0.2, 0.25) is 0 Å². The van der Waals surface area contributed by atoms with Crippen molar-refractivity contribution in [2.75, 3.05) is 54.1 Å². The highest BCUT2D eigenvalue weighted by Crippen LogP contribution is 2.44. The number of aromatic nitrogens is 6. The summed E-state index contributed by atoms with van der Waals surface area (Å²) in [7, 11) is 1.89. The predicted octanol–water partition coefficient (Wildman–Crippen LogP) is 5.15. The Morgan fingerprint density at radius 3 is 2.54 bits per heavy atom. The molecule has 1 aromatic carbocycles. The van der Waals surface area contributed by atoms with E-state index in [1.807, 2.05) is 63.2 Å². The van der Waals surface area contributed by atoms with E-state index in [-0.39, 0.29) is 29.9 Å². The maximum Gasteiger partial charge on any atom is 0.414 e. The first kappa shape index (κ1) is 32.9. The Labute approximate surface area is 292 Å². The van der Waals surface area contributed by atoms with Crippen LogP contribution in [0.25, 0.3) is 22.3 Å². The van der Waals surface area contributed by atoms with Crippen molar-refractivity contribution in [2.45, 2.75) is 83.8 Å². The zero-order valence-electron chi connectivity index (χ0n) is 29.7. The second-order valence-corrected chi connectivity index (χ2v) is 15.3. The van der Waals surface area contributed by atoms with E-state index >= 15 is 0 Å². The molecule has 4 aromatic rings. The fourth-order valence-corrected chi connectivity index (χ4v) is 7.88. The molecule has 2 N–H and O–H groups in total.